The van der Waals surface area contributed by atoms with E-state index in [-0.39, 0.29) is 6.61 Å². The number of aryl methyl sites for hydroxylation is 1. The SMILES string of the molecule is COC(=O)COc1cc(-c2ncccc2Cl)n(C)n1. The highest BCUT2D eigenvalue weighted by Crippen LogP contribution is 2.27. The maximum absolute atomic E-state index is 11.0. The number of methoxy groups -OCH3 is 1. The van der Waals surface area contributed by atoms with Crippen molar-refractivity contribution in [2.24, 2.45) is 7.05 Å². The number of ether oxygens (including phenoxy) is 2. The molecule has 0 N–H and O–H groups in total. The first-order chi connectivity index (χ1) is 9.11. The quantitative estimate of drug-likeness (QED) is 0.798. The zero-order chi connectivity index (χ0) is 13.8. The number of carbonyl (C=O) groups is 1. The molecule has 0 fully saturated rings. The molecule has 2 aromatic rings. The predicted molar refractivity (Wildman–Crippen MR) is 69.0 cm³/mol. The van der Waals surface area contributed by atoms with Gasteiger partial charge in [-0.05, 0) is 12.1 Å². The van der Waals surface area contributed by atoms with Crippen molar-refractivity contribution in [2.45, 2.75) is 0 Å². The molecule has 7 heteroatoms. The Labute approximate surface area is 114 Å². The first-order valence-corrected chi connectivity index (χ1v) is 5.84. The van der Waals surface area contributed by atoms with Gasteiger partial charge in [0.2, 0.25) is 5.88 Å². The van der Waals surface area contributed by atoms with Gasteiger partial charge in [-0.15, -0.1) is 5.10 Å². The topological polar surface area (TPSA) is 66.2 Å². The Morgan fingerprint density at radius 3 is 3.00 bits per heavy atom. The van der Waals surface area contributed by atoms with Crippen molar-refractivity contribution < 1.29 is 14.3 Å². The van der Waals surface area contributed by atoms with Crippen LogP contribution in [0, 0.1) is 0 Å². The van der Waals surface area contributed by atoms with E-state index >= 15 is 0 Å². The Morgan fingerprint density at radius 2 is 2.32 bits per heavy atom. The second-order valence-corrected chi connectivity index (χ2v) is 4.10. The lowest BCUT2D eigenvalue weighted by atomic mass is 10.2. The van der Waals surface area contributed by atoms with Crippen LogP contribution in [0.4, 0.5) is 0 Å². The molecule has 0 unspecified atom stereocenters. The highest BCUT2D eigenvalue weighted by molar-refractivity contribution is 6.32. The molecule has 100 valence electrons. The van der Waals surface area contributed by atoms with Gasteiger partial charge in [0.1, 0.15) is 5.69 Å². The molecule has 0 aliphatic heterocycles. The molecule has 0 amide bonds. The van der Waals surface area contributed by atoms with Crippen molar-refractivity contribution in [1.29, 1.82) is 0 Å². The van der Waals surface area contributed by atoms with Gasteiger partial charge in [0.15, 0.2) is 6.61 Å². The maximum Gasteiger partial charge on any atom is 0.343 e. The van der Waals surface area contributed by atoms with E-state index in [1.165, 1.54) is 7.11 Å². The molecule has 0 saturated carbocycles. The molecule has 0 saturated heterocycles. The highest BCUT2D eigenvalue weighted by Gasteiger charge is 2.13. The molecule has 2 aromatic heterocycles. The summed E-state index contributed by atoms with van der Waals surface area (Å²) in [5.74, 6) is -0.160. The molecular formula is C12H12ClN3O3. The molecule has 6 nitrogen and oxygen atoms in total. The largest absolute Gasteiger partial charge is 0.466 e. The highest BCUT2D eigenvalue weighted by atomic mass is 35.5. The lowest BCUT2D eigenvalue weighted by Gasteiger charge is -2.01. The van der Waals surface area contributed by atoms with Gasteiger partial charge in [-0.2, -0.15) is 0 Å². The second kappa shape index (κ2) is 5.71. The number of nitrogens with zero attached hydrogens (tertiary/aromatic N) is 3. The fourth-order valence-corrected chi connectivity index (χ4v) is 1.72. The summed E-state index contributed by atoms with van der Waals surface area (Å²) in [5.41, 5.74) is 1.30. The van der Waals surface area contributed by atoms with Crippen LogP contribution in [-0.2, 0) is 16.6 Å². The minimum atomic E-state index is -0.469. The Bertz CT molecular complexity index is 598. The smallest absolute Gasteiger partial charge is 0.343 e. The lowest BCUT2D eigenvalue weighted by molar-refractivity contribution is -0.143. The molecule has 0 aliphatic carbocycles. The van der Waals surface area contributed by atoms with E-state index in [0.717, 1.165) is 0 Å². The van der Waals surface area contributed by atoms with Gasteiger partial charge in [0.25, 0.3) is 0 Å². The van der Waals surface area contributed by atoms with E-state index in [1.54, 1.807) is 36.1 Å². The number of hydrogen-bond acceptors (Lipinski definition) is 5. The molecule has 0 spiro atoms. The predicted octanol–water partition coefficient (Wildman–Crippen LogP) is 1.69. The Hall–Kier alpha value is -2.08. The number of halogens is 1. The van der Waals surface area contributed by atoms with Crippen LogP contribution in [0.2, 0.25) is 5.02 Å². The van der Waals surface area contributed by atoms with Crippen LogP contribution in [-0.4, -0.2) is 34.5 Å². The summed E-state index contributed by atoms with van der Waals surface area (Å²) in [6.45, 7) is -0.192. The fraction of sp³-hybridized carbons (Fsp3) is 0.250. The average molecular weight is 282 g/mol. The van der Waals surface area contributed by atoms with E-state index in [4.69, 9.17) is 16.3 Å². The Kier molecular flexibility index (Phi) is 4.01. The minimum absolute atomic E-state index is 0.192. The van der Waals surface area contributed by atoms with E-state index in [1.807, 2.05) is 0 Å². The number of hydrogen-bond donors (Lipinski definition) is 0. The number of esters is 1. The number of carbonyl (C=O) groups excluding carboxylic acids is 1. The molecule has 0 atom stereocenters. The van der Waals surface area contributed by atoms with Crippen molar-refractivity contribution in [3.63, 3.8) is 0 Å². The van der Waals surface area contributed by atoms with Crippen molar-refractivity contribution >= 4 is 17.6 Å². The van der Waals surface area contributed by atoms with Gasteiger partial charge < -0.3 is 9.47 Å². The van der Waals surface area contributed by atoms with Crippen LogP contribution in [0.3, 0.4) is 0 Å². The van der Waals surface area contributed by atoms with E-state index in [0.29, 0.717) is 22.3 Å². The third-order valence-corrected chi connectivity index (χ3v) is 2.73. The maximum atomic E-state index is 11.0. The van der Waals surface area contributed by atoms with Crippen molar-refractivity contribution in [2.75, 3.05) is 13.7 Å². The van der Waals surface area contributed by atoms with Gasteiger partial charge in [-0.3, -0.25) is 9.67 Å². The fourth-order valence-electron chi connectivity index (χ4n) is 1.50. The molecule has 0 bridgehead atoms. The average Bonchev–Trinajstić information content (AvgIpc) is 2.77. The standard InChI is InChI=1S/C12H12ClN3O3/c1-16-9(12-8(13)4-3-5-14-12)6-10(15-16)19-7-11(17)18-2/h3-6H,7H2,1-2H3. The van der Waals surface area contributed by atoms with Crippen LogP contribution in [0.1, 0.15) is 0 Å². The molecule has 19 heavy (non-hydrogen) atoms. The number of rotatable bonds is 4. The Morgan fingerprint density at radius 1 is 1.53 bits per heavy atom. The summed E-state index contributed by atoms with van der Waals surface area (Å²) < 4.78 is 11.3. The summed E-state index contributed by atoms with van der Waals surface area (Å²) in [6, 6.07) is 5.15. The molecule has 2 heterocycles. The van der Waals surface area contributed by atoms with Gasteiger partial charge in [0.05, 0.1) is 17.8 Å². The molecule has 2 rings (SSSR count). The molecule has 0 radical (unpaired) electrons. The van der Waals surface area contributed by atoms with Crippen molar-refractivity contribution in [3.05, 3.63) is 29.4 Å². The summed E-state index contributed by atoms with van der Waals surface area (Å²) in [6.07, 6.45) is 1.64. The number of pyridine rings is 1. The second-order valence-electron chi connectivity index (χ2n) is 3.69. The van der Waals surface area contributed by atoms with E-state index in [2.05, 4.69) is 14.8 Å². The van der Waals surface area contributed by atoms with Gasteiger partial charge in [-0.25, -0.2) is 4.79 Å². The summed E-state index contributed by atoms with van der Waals surface area (Å²) >= 11 is 6.07. The first-order valence-electron chi connectivity index (χ1n) is 5.46. The van der Waals surface area contributed by atoms with Crippen molar-refractivity contribution in [1.82, 2.24) is 14.8 Å². The molecular weight excluding hydrogens is 270 g/mol. The van der Waals surface area contributed by atoms with E-state index in [9.17, 15) is 4.79 Å². The van der Waals surface area contributed by atoms with Gasteiger partial charge >= 0.3 is 5.97 Å². The molecule has 0 aromatic carbocycles. The van der Waals surface area contributed by atoms with Gasteiger partial charge in [0, 0.05) is 19.3 Å². The van der Waals surface area contributed by atoms with Crippen molar-refractivity contribution in [3.8, 4) is 17.3 Å². The zero-order valence-electron chi connectivity index (χ0n) is 10.5. The van der Waals surface area contributed by atoms with Crippen LogP contribution in [0.15, 0.2) is 24.4 Å². The monoisotopic (exact) mass is 281 g/mol. The van der Waals surface area contributed by atoms with Crippen LogP contribution in [0.5, 0.6) is 5.88 Å². The summed E-state index contributed by atoms with van der Waals surface area (Å²) in [5, 5.41) is 4.64. The normalized spacial score (nSPS) is 10.3. The van der Waals surface area contributed by atoms with Gasteiger partial charge in [-0.1, -0.05) is 11.6 Å². The van der Waals surface area contributed by atoms with Crippen LogP contribution >= 0.6 is 11.6 Å². The first kappa shape index (κ1) is 13.4. The number of aromatic nitrogens is 3. The summed E-state index contributed by atoms with van der Waals surface area (Å²) in [4.78, 5) is 15.2. The van der Waals surface area contributed by atoms with Crippen LogP contribution in [0.25, 0.3) is 11.4 Å². The molecule has 0 aliphatic rings. The van der Waals surface area contributed by atoms with Crippen LogP contribution < -0.4 is 4.74 Å². The zero-order valence-corrected chi connectivity index (χ0v) is 11.2. The Balaban J connectivity index is 2.22. The lowest BCUT2D eigenvalue weighted by Crippen LogP contribution is -2.12. The summed E-state index contributed by atoms with van der Waals surface area (Å²) in [7, 11) is 3.04. The third kappa shape index (κ3) is 3.03. The third-order valence-electron chi connectivity index (χ3n) is 2.42. The van der Waals surface area contributed by atoms with E-state index < -0.39 is 5.97 Å². The minimum Gasteiger partial charge on any atom is -0.466 e.